The maximum atomic E-state index is 11.7. The van der Waals surface area contributed by atoms with Gasteiger partial charge in [0.25, 0.3) is 0 Å². The quantitative estimate of drug-likeness (QED) is 0.225. The van der Waals surface area contributed by atoms with Crippen molar-refractivity contribution in [3.05, 3.63) is 41.5 Å². The molecule has 0 N–H and O–H groups in total. The van der Waals surface area contributed by atoms with Crippen LogP contribution in [-0.4, -0.2) is 13.0 Å². The molecule has 0 spiro atoms. The molecule has 5 heteroatoms. The van der Waals surface area contributed by atoms with Crippen molar-refractivity contribution >= 4 is 20.9 Å². The van der Waals surface area contributed by atoms with E-state index in [-0.39, 0.29) is 34.5 Å². The van der Waals surface area contributed by atoms with Gasteiger partial charge in [-0.1, -0.05) is 96.3 Å². The van der Waals surface area contributed by atoms with Crippen molar-refractivity contribution in [2.24, 2.45) is 0 Å². The zero-order valence-corrected chi connectivity index (χ0v) is 22.7. The first-order chi connectivity index (χ1) is 14.5. The number of benzene rings is 2. The molecular weight excluding hydrogens is 415 g/mol. The topological polar surface area (TPSA) is 57.2 Å². The maximum Gasteiger partial charge on any atom is 1.00 e. The number of rotatable bonds is 15. The van der Waals surface area contributed by atoms with E-state index in [9.17, 15) is 13.0 Å². The van der Waals surface area contributed by atoms with Crippen molar-refractivity contribution in [2.45, 2.75) is 109 Å². The summed E-state index contributed by atoms with van der Waals surface area (Å²) in [6.07, 6.45) is 16.5. The Hall–Kier alpha value is -0.390. The summed E-state index contributed by atoms with van der Waals surface area (Å²) in [7, 11) is -4.45. The third kappa shape index (κ3) is 9.96. The minimum atomic E-state index is -4.45. The molecule has 0 heterocycles. The number of aryl methyl sites for hydroxylation is 2. The van der Waals surface area contributed by atoms with Gasteiger partial charge in [-0.2, -0.15) is 0 Å². The summed E-state index contributed by atoms with van der Waals surface area (Å²) in [5.41, 5.74) is 2.32. The van der Waals surface area contributed by atoms with Crippen LogP contribution in [0.2, 0.25) is 0 Å². The Morgan fingerprint density at radius 1 is 0.710 bits per heavy atom. The molecule has 0 fully saturated rings. The Bertz CT molecular complexity index is 878. The molecule has 0 saturated heterocycles. The van der Waals surface area contributed by atoms with Gasteiger partial charge in [0, 0.05) is 0 Å². The summed E-state index contributed by atoms with van der Waals surface area (Å²) in [5, 5.41) is 2.06. The van der Waals surface area contributed by atoms with Crippen LogP contribution in [0.3, 0.4) is 0 Å². The fourth-order valence-corrected chi connectivity index (χ4v) is 4.87. The van der Waals surface area contributed by atoms with Gasteiger partial charge in [0.2, 0.25) is 0 Å². The molecule has 0 aliphatic heterocycles. The van der Waals surface area contributed by atoms with Gasteiger partial charge in [-0.05, 0) is 59.7 Å². The molecule has 2 rings (SSSR count). The predicted octanol–water partition coefficient (Wildman–Crippen LogP) is 4.55. The van der Waals surface area contributed by atoms with E-state index in [4.69, 9.17) is 0 Å². The van der Waals surface area contributed by atoms with Crippen LogP contribution in [0.1, 0.15) is 102 Å². The Morgan fingerprint density at radius 2 is 1.23 bits per heavy atom. The van der Waals surface area contributed by atoms with Crippen molar-refractivity contribution in [1.82, 2.24) is 0 Å². The van der Waals surface area contributed by atoms with Crippen LogP contribution in [-0.2, 0) is 23.0 Å². The molecule has 0 amide bonds. The van der Waals surface area contributed by atoms with E-state index < -0.39 is 10.1 Å². The minimum Gasteiger partial charge on any atom is -0.744 e. The molecule has 2 aromatic carbocycles. The van der Waals surface area contributed by atoms with Crippen LogP contribution in [0.4, 0.5) is 0 Å². The smallest absolute Gasteiger partial charge is 0.744 e. The average molecular weight is 455 g/mol. The summed E-state index contributed by atoms with van der Waals surface area (Å²) in [5.74, 6) is 0. The van der Waals surface area contributed by atoms with Gasteiger partial charge in [-0.25, -0.2) is 8.42 Å². The van der Waals surface area contributed by atoms with Gasteiger partial charge in [-0.15, -0.1) is 0 Å². The summed E-state index contributed by atoms with van der Waals surface area (Å²) in [4.78, 5) is -0.0901. The first-order valence-electron chi connectivity index (χ1n) is 12.0. The molecule has 0 atom stereocenters. The molecule has 3 nitrogen and oxygen atoms in total. The number of hydrogen-bond acceptors (Lipinski definition) is 3. The Morgan fingerprint density at radius 3 is 1.77 bits per heavy atom. The third-order valence-corrected chi connectivity index (χ3v) is 6.82. The van der Waals surface area contributed by atoms with Crippen molar-refractivity contribution in [3.8, 4) is 0 Å². The van der Waals surface area contributed by atoms with E-state index in [1.165, 1.54) is 68.7 Å². The molecule has 0 aliphatic carbocycles. The van der Waals surface area contributed by atoms with Gasteiger partial charge in [-0.3, -0.25) is 0 Å². The predicted molar refractivity (Wildman–Crippen MR) is 126 cm³/mol. The van der Waals surface area contributed by atoms with Crippen molar-refractivity contribution < 1.29 is 42.5 Å². The first-order valence-corrected chi connectivity index (χ1v) is 13.4. The second kappa shape index (κ2) is 15.4. The van der Waals surface area contributed by atoms with Gasteiger partial charge >= 0.3 is 29.6 Å². The fraction of sp³-hybridized carbons (Fsp3) is 0.615. The third-order valence-electron chi connectivity index (χ3n) is 6.01. The van der Waals surface area contributed by atoms with Crippen LogP contribution >= 0.6 is 0 Å². The molecule has 168 valence electrons. The van der Waals surface area contributed by atoms with Crippen LogP contribution in [0.25, 0.3) is 10.8 Å². The van der Waals surface area contributed by atoms with Gasteiger partial charge < -0.3 is 4.55 Å². The monoisotopic (exact) mass is 454 g/mol. The molecule has 0 aromatic heterocycles. The summed E-state index contributed by atoms with van der Waals surface area (Å²) in [6, 6.07) is 9.31. The summed E-state index contributed by atoms with van der Waals surface area (Å²) in [6.45, 7) is 4.45. The average Bonchev–Trinajstić information content (AvgIpc) is 2.72. The van der Waals surface area contributed by atoms with Crippen LogP contribution in [0.5, 0.6) is 0 Å². The van der Waals surface area contributed by atoms with E-state index in [1.54, 1.807) is 12.1 Å². The normalized spacial score (nSPS) is 11.6. The van der Waals surface area contributed by atoms with E-state index in [1.807, 2.05) is 12.1 Å². The van der Waals surface area contributed by atoms with Crippen LogP contribution in [0, 0.1) is 0 Å². The number of unbranched alkanes of at least 4 members (excludes halogenated alkanes) is 10. The van der Waals surface area contributed by atoms with Gasteiger partial charge in [0.15, 0.2) is 0 Å². The maximum absolute atomic E-state index is 11.7. The molecule has 0 radical (unpaired) electrons. The summed E-state index contributed by atoms with van der Waals surface area (Å²) < 4.78 is 35.1. The second-order valence-corrected chi connectivity index (χ2v) is 9.97. The zero-order chi connectivity index (χ0) is 21.8. The molecular formula is C26H39NaO3S. The first kappa shape index (κ1) is 28.6. The van der Waals surface area contributed by atoms with Gasteiger partial charge in [0.05, 0.1) is 4.90 Å². The minimum absolute atomic E-state index is 0. The van der Waals surface area contributed by atoms with Gasteiger partial charge in [0.1, 0.15) is 10.1 Å². The zero-order valence-electron chi connectivity index (χ0n) is 19.9. The number of hydrogen-bond donors (Lipinski definition) is 0. The van der Waals surface area contributed by atoms with Crippen molar-refractivity contribution in [2.75, 3.05) is 0 Å². The van der Waals surface area contributed by atoms with Crippen LogP contribution < -0.4 is 29.6 Å². The SMILES string of the molecule is CCCCCCCCc1cccc2cc(S(=O)(=O)[O-])cc(CCCCCCCC)c12.[Na+]. The Balaban J connectivity index is 0.00000480. The second-order valence-electron chi connectivity index (χ2n) is 8.59. The number of fused-ring (bicyclic) bond motifs is 1. The van der Waals surface area contributed by atoms with E-state index in [2.05, 4.69) is 19.9 Å². The summed E-state index contributed by atoms with van der Waals surface area (Å²) >= 11 is 0. The van der Waals surface area contributed by atoms with Crippen LogP contribution in [0.15, 0.2) is 35.2 Å². The molecule has 2 aromatic rings. The Labute approximate surface area is 212 Å². The largest absolute Gasteiger partial charge is 1.00 e. The van der Waals surface area contributed by atoms with E-state index in [0.717, 1.165) is 43.1 Å². The van der Waals surface area contributed by atoms with Crippen molar-refractivity contribution in [1.29, 1.82) is 0 Å². The fourth-order valence-electron chi connectivity index (χ4n) is 4.31. The van der Waals surface area contributed by atoms with E-state index in [0.29, 0.717) is 0 Å². The molecule has 31 heavy (non-hydrogen) atoms. The standard InChI is InChI=1S/C26H40O3S.Na/c1-3-5-7-9-11-13-16-22-18-15-19-24-21-25(30(27,28)29)20-23(26(22)24)17-14-12-10-8-6-4-2;/h15,18-21H,3-14,16-17H2,1-2H3,(H,27,28,29);/q;+1/p-1. The Kier molecular flexibility index (Phi) is 14.3. The molecule has 0 unspecified atom stereocenters. The van der Waals surface area contributed by atoms with E-state index >= 15 is 0 Å². The van der Waals surface area contributed by atoms with Crippen molar-refractivity contribution in [3.63, 3.8) is 0 Å². The molecule has 0 bridgehead atoms. The molecule has 0 aliphatic rings. The molecule has 0 saturated carbocycles.